The number of hydrogen-bond acceptors (Lipinski definition) is 3. The van der Waals surface area contributed by atoms with E-state index in [9.17, 15) is 8.42 Å². The average Bonchev–Trinajstić information content (AvgIpc) is 2.54. The number of hydrogen-bond donors (Lipinski definition) is 1. The third kappa shape index (κ3) is 2.97. The highest BCUT2D eigenvalue weighted by atomic mass is 32.2. The van der Waals surface area contributed by atoms with Gasteiger partial charge in [0.15, 0.2) is 15.5 Å². The quantitative estimate of drug-likeness (QED) is 0.885. The Labute approximate surface area is 130 Å². The first-order chi connectivity index (χ1) is 10.6. The Morgan fingerprint density at radius 3 is 2.68 bits per heavy atom. The molecule has 0 bridgehead atoms. The van der Waals surface area contributed by atoms with Crippen LogP contribution in [-0.2, 0) is 16.3 Å². The Hall–Kier alpha value is -2.32. The number of fused-ring (bicyclic) bond motifs is 1. The lowest BCUT2D eigenvalue weighted by molar-refractivity contribution is 0.553. The highest BCUT2D eigenvalue weighted by Gasteiger charge is 2.25. The summed E-state index contributed by atoms with van der Waals surface area (Å²) in [4.78, 5) is 3.80. The molecule has 0 aromatic heterocycles. The fraction of sp³-hybridized carbons (Fsp3) is 0.235. The number of rotatable bonds is 3. The maximum atomic E-state index is 12.5. The summed E-state index contributed by atoms with van der Waals surface area (Å²) in [7, 11) is -3.28. The van der Waals surface area contributed by atoms with Crippen LogP contribution in [0, 0.1) is 12.5 Å². The topological polar surface area (TPSA) is 50.5 Å². The Morgan fingerprint density at radius 1 is 1.18 bits per heavy atom. The van der Waals surface area contributed by atoms with Gasteiger partial charge in [0, 0.05) is 12.2 Å². The number of anilines is 1. The number of nitrogens with one attached hydrogen (secondary N) is 1. The van der Waals surface area contributed by atoms with E-state index in [1.54, 1.807) is 30.3 Å². The molecule has 22 heavy (non-hydrogen) atoms. The maximum absolute atomic E-state index is 12.5. The minimum atomic E-state index is -3.28. The second-order valence-electron chi connectivity index (χ2n) is 5.50. The van der Waals surface area contributed by atoms with E-state index in [-0.39, 0.29) is 11.7 Å². The largest absolute Gasteiger partial charge is 0.385 e. The van der Waals surface area contributed by atoms with Crippen LogP contribution in [0.25, 0.3) is 4.85 Å². The Bertz CT molecular complexity index is 823. The fourth-order valence-corrected chi connectivity index (χ4v) is 4.40. The van der Waals surface area contributed by atoms with Crippen LogP contribution in [0.15, 0.2) is 53.4 Å². The smallest absolute Gasteiger partial charge is 0.187 e. The molecule has 0 saturated carbocycles. The Balaban J connectivity index is 1.79. The van der Waals surface area contributed by atoms with Gasteiger partial charge < -0.3 is 5.32 Å². The zero-order valence-corrected chi connectivity index (χ0v) is 12.8. The molecule has 0 unspecified atom stereocenters. The summed E-state index contributed by atoms with van der Waals surface area (Å²) >= 11 is 0. The van der Waals surface area contributed by atoms with Crippen LogP contribution in [0.2, 0.25) is 0 Å². The van der Waals surface area contributed by atoms with Crippen LogP contribution in [0.1, 0.15) is 5.56 Å². The van der Waals surface area contributed by atoms with Gasteiger partial charge in [0.25, 0.3) is 0 Å². The standard InChI is InChI=1S/C17H16N2O2S/c1-18-15-7-8-17-14(10-15)9-13(11-19-17)12-22(20,21)16-5-3-2-4-6-16/h2-8,10,13,19H,9,11-12H2/t13-/m1/s1. The van der Waals surface area contributed by atoms with Gasteiger partial charge in [-0.3, -0.25) is 0 Å². The number of sulfone groups is 1. The van der Waals surface area contributed by atoms with E-state index in [0.29, 0.717) is 23.5 Å². The molecule has 1 aliphatic rings. The van der Waals surface area contributed by atoms with E-state index in [1.807, 2.05) is 18.2 Å². The first-order valence-corrected chi connectivity index (χ1v) is 8.76. The normalized spacial score (nSPS) is 17.1. The molecule has 0 amide bonds. The summed E-state index contributed by atoms with van der Waals surface area (Å²) in [5.41, 5.74) is 2.61. The molecule has 0 spiro atoms. The monoisotopic (exact) mass is 312 g/mol. The summed E-state index contributed by atoms with van der Waals surface area (Å²) in [6.07, 6.45) is 0.678. The molecule has 2 aromatic rings. The molecule has 1 N–H and O–H groups in total. The summed E-state index contributed by atoms with van der Waals surface area (Å²) < 4.78 is 24.9. The predicted octanol–water partition coefficient (Wildman–Crippen LogP) is 3.30. The van der Waals surface area contributed by atoms with Crippen LogP contribution >= 0.6 is 0 Å². The molecule has 0 saturated heterocycles. The van der Waals surface area contributed by atoms with Gasteiger partial charge in [-0.05, 0) is 36.1 Å². The summed E-state index contributed by atoms with van der Waals surface area (Å²) in [6, 6.07) is 14.1. The lowest BCUT2D eigenvalue weighted by atomic mass is 9.95. The molecule has 112 valence electrons. The fourth-order valence-electron chi connectivity index (χ4n) is 2.78. The van der Waals surface area contributed by atoms with Crippen LogP contribution < -0.4 is 5.32 Å². The average molecular weight is 312 g/mol. The van der Waals surface area contributed by atoms with Gasteiger partial charge in [0.1, 0.15) is 0 Å². The molecule has 0 fully saturated rings. The Morgan fingerprint density at radius 2 is 1.95 bits per heavy atom. The van der Waals surface area contributed by atoms with Crippen LogP contribution in [0.5, 0.6) is 0 Å². The van der Waals surface area contributed by atoms with Gasteiger partial charge in [0.05, 0.1) is 17.2 Å². The van der Waals surface area contributed by atoms with Gasteiger partial charge in [-0.1, -0.05) is 30.3 Å². The molecular formula is C17H16N2O2S. The zero-order valence-electron chi connectivity index (χ0n) is 12.0. The van der Waals surface area contributed by atoms with E-state index in [1.165, 1.54) is 0 Å². The van der Waals surface area contributed by atoms with Crippen molar-refractivity contribution < 1.29 is 8.42 Å². The summed E-state index contributed by atoms with van der Waals surface area (Å²) in [6.45, 7) is 7.71. The first kappa shape index (κ1) is 14.6. The van der Waals surface area contributed by atoms with Gasteiger partial charge in [-0.15, -0.1) is 0 Å². The lowest BCUT2D eigenvalue weighted by Crippen LogP contribution is -2.29. The van der Waals surface area contributed by atoms with Crippen molar-refractivity contribution in [3.63, 3.8) is 0 Å². The molecule has 2 aromatic carbocycles. The van der Waals surface area contributed by atoms with Crippen molar-refractivity contribution in [2.75, 3.05) is 17.6 Å². The SMILES string of the molecule is [C-]#[N+]c1ccc2c(c1)C[C@@H](CS(=O)(=O)c1ccccc1)CN2. The molecule has 0 radical (unpaired) electrons. The number of benzene rings is 2. The van der Waals surface area contributed by atoms with Gasteiger partial charge in [0.2, 0.25) is 0 Å². The highest BCUT2D eigenvalue weighted by Crippen LogP contribution is 2.30. The van der Waals surface area contributed by atoms with Crippen molar-refractivity contribution in [2.24, 2.45) is 5.92 Å². The van der Waals surface area contributed by atoms with Crippen LogP contribution in [-0.4, -0.2) is 20.7 Å². The lowest BCUT2D eigenvalue weighted by Gasteiger charge is -2.26. The summed E-state index contributed by atoms with van der Waals surface area (Å²) in [5.74, 6) is 0.129. The molecule has 0 aliphatic carbocycles. The minimum absolute atomic E-state index is 0.0127. The van der Waals surface area contributed by atoms with Crippen molar-refractivity contribution >= 4 is 21.2 Å². The summed E-state index contributed by atoms with van der Waals surface area (Å²) in [5, 5.41) is 3.27. The molecular weight excluding hydrogens is 296 g/mol. The molecule has 1 aliphatic heterocycles. The second-order valence-corrected chi connectivity index (χ2v) is 7.53. The maximum Gasteiger partial charge on any atom is 0.187 e. The van der Waals surface area contributed by atoms with Crippen molar-refractivity contribution in [3.05, 3.63) is 65.5 Å². The predicted molar refractivity (Wildman–Crippen MR) is 86.9 cm³/mol. The van der Waals surface area contributed by atoms with E-state index < -0.39 is 9.84 Å². The zero-order chi connectivity index (χ0) is 15.6. The van der Waals surface area contributed by atoms with Crippen LogP contribution in [0.4, 0.5) is 11.4 Å². The highest BCUT2D eigenvalue weighted by molar-refractivity contribution is 7.91. The third-order valence-electron chi connectivity index (χ3n) is 3.87. The van der Waals surface area contributed by atoms with Gasteiger partial charge in [-0.25, -0.2) is 13.3 Å². The van der Waals surface area contributed by atoms with Crippen molar-refractivity contribution in [1.82, 2.24) is 0 Å². The molecule has 1 atom stereocenters. The van der Waals surface area contributed by atoms with Crippen LogP contribution in [0.3, 0.4) is 0 Å². The van der Waals surface area contributed by atoms with Gasteiger partial charge in [-0.2, -0.15) is 0 Å². The first-order valence-electron chi connectivity index (χ1n) is 7.10. The van der Waals surface area contributed by atoms with Crippen molar-refractivity contribution in [1.29, 1.82) is 0 Å². The number of nitrogens with zero attached hydrogens (tertiary/aromatic N) is 1. The van der Waals surface area contributed by atoms with E-state index in [2.05, 4.69) is 10.2 Å². The van der Waals surface area contributed by atoms with Crippen molar-refractivity contribution in [2.45, 2.75) is 11.3 Å². The van der Waals surface area contributed by atoms with Crippen molar-refractivity contribution in [3.8, 4) is 0 Å². The van der Waals surface area contributed by atoms with E-state index >= 15 is 0 Å². The van der Waals surface area contributed by atoms with Gasteiger partial charge >= 0.3 is 0 Å². The van der Waals surface area contributed by atoms with E-state index in [4.69, 9.17) is 6.57 Å². The molecule has 1 heterocycles. The third-order valence-corrected chi connectivity index (χ3v) is 5.77. The Kier molecular flexibility index (Phi) is 3.86. The molecule has 4 nitrogen and oxygen atoms in total. The van der Waals surface area contributed by atoms with E-state index in [0.717, 1.165) is 11.3 Å². The second kappa shape index (κ2) is 5.82. The molecule has 3 rings (SSSR count). The minimum Gasteiger partial charge on any atom is -0.385 e. The molecule has 5 heteroatoms.